The third-order valence-corrected chi connectivity index (χ3v) is 9.02. The fraction of sp³-hybridized carbons (Fsp3) is 0.429. The van der Waals surface area contributed by atoms with Crippen LogP contribution in [-0.2, 0) is 20.0 Å². The summed E-state index contributed by atoms with van der Waals surface area (Å²) in [5.41, 5.74) is 0.247. The number of benzene rings is 2. The van der Waals surface area contributed by atoms with Crippen LogP contribution in [0.4, 0.5) is 5.69 Å². The Labute approximate surface area is 184 Å². The molecule has 2 aromatic rings. The maximum absolute atomic E-state index is 13.1. The Morgan fingerprint density at radius 2 is 1.52 bits per heavy atom. The van der Waals surface area contributed by atoms with Gasteiger partial charge in [0.15, 0.2) is 0 Å². The Morgan fingerprint density at radius 1 is 0.903 bits per heavy atom. The van der Waals surface area contributed by atoms with Gasteiger partial charge < -0.3 is 9.47 Å². The molecular formula is C21H28N2O6S2. The highest BCUT2D eigenvalue weighted by Crippen LogP contribution is 2.32. The zero-order valence-electron chi connectivity index (χ0n) is 18.0. The highest BCUT2D eigenvalue weighted by Gasteiger charge is 2.35. The summed E-state index contributed by atoms with van der Waals surface area (Å²) in [6.07, 6.45) is 2.65. The number of ether oxygens (including phenoxy) is 2. The first-order valence-electron chi connectivity index (χ1n) is 9.98. The third kappa shape index (κ3) is 4.81. The summed E-state index contributed by atoms with van der Waals surface area (Å²) in [5, 5.41) is 0. The van der Waals surface area contributed by atoms with Crippen LogP contribution in [0.1, 0.15) is 33.1 Å². The number of anilines is 1. The van der Waals surface area contributed by atoms with Crippen LogP contribution in [0, 0.1) is 0 Å². The van der Waals surface area contributed by atoms with Crippen molar-refractivity contribution in [3.63, 3.8) is 0 Å². The SMILES string of the molecule is COc1ccc(S(=O)(=O)Nc2ccc(S(=O)(=O)N3C(C)CCCC3C)cc2)c(OC)c1. The van der Waals surface area contributed by atoms with Gasteiger partial charge in [0.25, 0.3) is 10.0 Å². The van der Waals surface area contributed by atoms with Gasteiger partial charge in [-0.2, -0.15) is 4.31 Å². The van der Waals surface area contributed by atoms with Crippen LogP contribution in [0.15, 0.2) is 52.3 Å². The average Bonchev–Trinajstić information content (AvgIpc) is 2.73. The van der Waals surface area contributed by atoms with Crippen molar-refractivity contribution in [3.8, 4) is 11.5 Å². The minimum atomic E-state index is -3.96. The lowest BCUT2D eigenvalue weighted by molar-refractivity contribution is 0.204. The first-order valence-corrected chi connectivity index (χ1v) is 12.9. The molecule has 0 radical (unpaired) electrons. The minimum absolute atomic E-state index is 0.0523. The highest BCUT2D eigenvalue weighted by molar-refractivity contribution is 7.92. The largest absolute Gasteiger partial charge is 0.497 e. The number of sulfonamides is 2. The van der Waals surface area contributed by atoms with Gasteiger partial charge in [-0.25, -0.2) is 16.8 Å². The zero-order valence-corrected chi connectivity index (χ0v) is 19.7. The second-order valence-electron chi connectivity index (χ2n) is 7.61. The minimum Gasteiger partial charge on any atom is -0.497 e. The first-order chi connectivity index (χ1) is 14.6. The van der Waals surface area contributed by atoms with Crippen LogP contribution in [0.25, 0.3) is 0 Å². The molecule has 0 amide bonds. The molecule has 10 heteroatoms. The van der Waals surface area contributed by atoms with Gasteiger partial charge in [-0.05, 0) is 63.1 Å². The highest BCUT2D eigenvalue weighted by atomic mass is 32.2. The predicted octanol–water partition coefficient (Wildman–Crippen LogP) is 3.46. The Kier molecular flexibility index (Phi) is 6.82. The van der Waals surface area contributed by atoms with Crippen molar-refractivity contribution in [1.29, 1.82) is 0 Å². The second-order valence-corrected chi connectivity index (χ2v) is 11.1. The van der Waals surface area contributed by atoms with Gasteiger partial charge in [0.05, 0.1) is 19.1 Å². The molecule has 1 aliphatic heterocycles. The number of nitrogens with zero attached hydrogens (tertiary/aromatic N) is 1. The molecule has 3 rings (SSSR count). The predicted molar refractivity (Wildman–Crippen MR) is 119 cm³/mol. The summed E-state index contributed by atoms with van der Waals surface area (Å²) in [6, 6.07) is 9.97. The van der Waals surface area contributed by atoms with Crippen molar-refractivity contribution < 1.29 is 26.3 Å². The Bertz CT molecular complexity index is 1120. The van der Waals surface area contributed by atoms with Crippen molar-refractivity contribution in [2.45, 2.75) is 55.0 Å². The van der Waals surface area contributed by atoms with Gasteiger partial charge in [-0.1, -0.05) is 6.42 Å². The summed E-state index contributed by atoms with van der Waals surface area (Å²) >= 11 is 0. The third-order valence-electron chi connectivity index (χ3n) is 5.45. The summed E-state index contributed by atoms with van der Waals surface area (Å²) in [5.74, 6) is 0.602. The quantitative estimate of drug-likeness (QED) is 0.668. The van der Waals surface area contributed by atoms with Gasteiger partial charge in [-0.15, -0.1) is 0 Å². The number of nitrogens with one attached hydrogen (secondary N) is 1. The number of piperidine rings is 1. The number of methoxy groups -OCH3 is 2. The molecule has 1 N–H and O–H groups in total. The van der Waals surface area contributed by atoms with Gasteiger partial charge in [0.2, 0.25) is 10.0 Å². The van der Waals surface area contributed by atoms with Crippen molar-refractivity contribution in [2.75, 3.05) is 18.9 Å². The molecule has 1 saturated heterocycles. The lowest BCUT2D eigenvalue weighted by atomic mass is 10.0. The summed E-state index contributed by atoms with van der Waals surface area (Å²) in [7, 11) is -4.78. The molecule has 2 unspecified atom stereocenters. The molecule has 2 aromatic carbocycles. The van der Waals surface area contributed by atoms with E-state index >= 15 is 0 Å². The van der Waals surface area contributed by atoms with Crippen molar-refractivity contribution in [3.05, 3.63) is 42.5 Å². The number of hydrogen-bond donors (Lipinski definition) is 1. The molecule has 1 heterocycles. The molecule has 0 spiro atoms. The maximum atomic E-state index is 13.1. The van der Waals surface area contributed by atoms with Crippen LogP contribution >= 0.6 is 0 Å². The maximum Gasteiger partial charge on any atom is 0.265 e. The van der Waals surface area contributed by atoms with E-state index in [1.165, 1.54) is 56.7 Å². The van der Waals surface area contributed by atoms with E-state index in [9.17, 15) is 16.8 Å². The molecule has 1 fully saturated rings. The Hall–Kier alpha value is -2.30. The fourth-order valence-electron chi connectivity index (χ4n) is 3.90. The van der Waals surface area contributed by atoms with E-state index < -0.39 is 20.0 Å². The van der Waals surface area contributed by atoms with E-state index in [0.717, 1.165) is 19.3 Å². The van der Waals surface area contributed by atoms with E-state index in [0.29, 0.717) is 5.75 Å². The lowest BCUT2D eigenvalue weighted by Gasteiger charge is -2.37. The van der Waals surface area contributed by atoms with E-state index in [-0.39, 0.29) is 33.3 Å². The second kappa shape index (κ2) is 9.05. The van der Waals surface area contributed by atoms with Gasteiger partial charge >= 0.3 is 0 Å². The summed E-state index contributed by atoms with van der Waals surface area (Å²) < 4.78 is 66.2. The average molecular weight is 469 g/mol. The van der Waals surface area contributed by atoms with Crippen LogP contribution in [0.3, 0.4) is 0 Å². The molecule has 31 heavy (non-hydrogen) atoms. The van der Waals surface area contributed by atoms with Crippen LogP contribution in [0.5, 0.6) is 11.5 Å². The molecule has 8 nitrogen and oxygen atoms in total. The van der Waals surface area contributed by atoms with Crippen LogP contribution in [-0.4, -0.2) is 47.4 Å². The summed E-state index contributed by atoms with van der Waals surface area (Å²) in [6.45, 7) is 3.83. The molecule has 0 bridgehead atoms. The topological polar surface area (TPSA) is 102 Å². The van der Waals surface area contributed by atoms with Crippen LogP contribution in [0.2, 0.25) is 0 Å². The fourth-order valence-corrected chi connectivity index (χ4v) is 6.99. The monoisotopic (exact) mass is 468 g/mol. The smallest absolute Gasteiger partial charge is 0.265 e. The molecule has 1 aliphatic rings. The van der Waals surface area contributed by atoms with E-state index in [2.05, 4.69) is 4.72 Å². The molecule has 2 atom stereocenters. The van der Waals surface area contributed by atoms with Crippen molar-refractivity contribution in [2.24, 2.45) is 0 Å². The summed E-state index contributed by atoms with van der Waals surface area (Å²) in [4.78, 5) is 0.0848. The number of rotatable bonds is 7. The first kappa shape index (κ1) is 23.4. The Balaban J connectivity index is 1.85. The lowest BCUT2D eigenvalue weighted by Crippen LogP contribution is -2.47. The van der Waals surface area contributed by atoms with Gasteiger partial charge in [0.1, 0.15) is 16.4 Å². The normalized spacial score (nSPS) is 20.3. The molecule has 0 saturated carbocycles. The van der Waals surface area contributed by atoms with Gasteiger partial charge in [-0.3, -0.25) is 4.72 Å². The van der Waals surface area contributed by atoms with E-state index in [1.807, 2.05) is 13.8 Å². The van der Waals surface area contributed by atoms with Gasteiger partial charge in [0, 0.05) is 23.8 Å². The van der Waals surface area contributed by atoms with E-state index in [1.54, 1.807) is 4.31 Å². The van der Waals surface area contributed by atoms with Crippen molar-refractivity contribution in [1.82, 2.24) is 4.31 Å². The van der Waals surface area contributed by atoms with E-state index in [4.69, 9.17) is 9.47 Å². The zero-order chi connectivity index (χ0) is 22.8. The number of hydrogen-bond acceptors (Lipinski definition) is 6. The standard InChI is InChI=1S/C21H28N2O6S2/c1-15-6-5-7-16(2)23(15)31(26,27)19-11-8-17(9-12-19)22-30(24,25)21-13-10-18(28-3)14-20(21)29-4/h8-16,22H,5-7H2,1-4H3. The molecular weight excluding hydrogens is 440 g/mol. The molecule has 170 valence electrons. The molecule has 0 aromatic heterocycles. The van der Waals surface area contributed by atoms with Crippen LogP contribution < -0.4 is 14.2 Å². The Morgan fingerprint density at radius 3 is 2.06 bits per heavy atom. The molecule has 0 aliphatic carbocycles. The van der Waals surface area contributed by atoms with Crippen molar-refractivity contribution >= 4 is 25.7 Å².